The van der Waals surface area contributed by atoms with Crippen molar-refractivity contribution in [2.24, 2.45) is 0 Å². The fraction of sp³-hybridized carbons (Fsp3) is 0.900. The molecule has 2 atom stereocenters. The molecule has 5 heteroatoms. The minimum absolute atomic E-state index is 0.0288. The van der Waals surface area contributed by atoms with Crippen molar-refractivity contribution in [3.63, 3.8) is 0 Å². The second-order valence-corrected chi connectivity index (χ2v) is 3.74. The summed E-state index contributed by atoms with van der Waals surface area (Å²) in [6.07, 6.45) is 0.328. The van der Waals surface area contributed by atoms with Crippen molar-refractivity contribution in [3.05, 3.63) is 0 Å². The van der Waals surface area contributed by atoms with E-state index < -0.39 is 0 Å². The number of rotatable bonds is 8. The Hall–Kier alpha value is -0.650. The number of methoxy groups -OCH3 is 1. The van der Waals surface area contributed by atoms with E-state index in [0.717, 1.165) is 0 Å². The van der Waals surface area contributed by atoms with Gasteiger partial charge in [0.1, 0.15) is 0 Å². The van der Waals surface area contributed by atoms with Crippen LogP contribution < -0.4 is 10.6 Å². The maximum Gasteiger partial charge on any atom is 0.234 e. The van der Waals surface area contributed by atoms with E-state index in [4.69, 9.17) is 9.84 Å². The first-order chi connectivity index (χ1) is 7.06. The molecule has 1 amide bonds. The summed E-state index contributed by atoms with van der Waals surface area (Å²) >= 11 is 0. The molecule has 15 heavy (non-hydrogen) atoms. The third kappa shape index (κ3) is 9.65. The second kappa shape index (κ2) is 8.64. The first-order valence-corrected chi connectivity index (χ1v) is 5.23. The molecule has 0 aromatic heterocycles. The van der Waals surface area contributed by atoms with Crippen LogP contribution in [0.3, 0.4) is 0 Å². The van der Waals surface area contributed by atoms with E-state index in [-0.39, 0.29) is 24.6 Å². The number of nitrogens with one attached hydrogen (secondary N) is 2. The maximum absolute atomic E-state index is 11.3. The van der Waals surface area contributed by atoms with E-state index in [1.807, 2.05) is 6.92 Å². The van der Waals surface area contributed by atoms with Crippen LogP contribution in [0.15, 0.2) is 0 Å². The number of carbonyl (C=O) groups is 1. The molecule has 3 N–H and O–H groups in total. The number of aliphatic hydroxyl groups excluding tert-OH is 1. The summed E-state index contributed by atoms with van der Waals surface area (Å²) in [7, 11) is 1.60. The summed E-state index contributed by atoms with van der Waals surface area (Å²) in [5, 5.41) is 14.7. The van der Waals surface area contributed by atoms with Crippen LogP contribution in [-0.2, 0) is 9.53 Å². The minimum atomic E-state index is -0.326. The summed E-state index contributed by atoms with van der Waals surface area (Å²) in [6.45, 7) is 5.05. The van der Waals surface area contributed by atoms with Crippen LogP contribution in [0.5, 0.6) is 0 Å². The zero-order valence-corrected chi connectivity index (χ0v) is 9.75. The molecular formula is C10H22N2O3. The highest BCUT2D eigenvalue weighted by Gasteiger charge is 2.06. The largest absolute Gasteiger partial charge is 0.393 e. The van der Waals surface area contributed by atoms with Gasteiger partial charge < -0.3 is 20.5 Å². The maximum atomic E-state index is 11.3. The number of amides is 1. The van der Waals surface area contributed by atoms with Gasteiger partial charge in [-0.15, -0.1) is 0 Å². The number of aliphatic hydroxyl groups is 1. The predicted octanol–water partition coefficient (Wildman–Crippen LogP) is -0.502. The predicted molar refractivity (Wildman–Crippen MR) is 58.6 cm³/mol. The van der Waals surface area contributed by atoms with Crippen molar-refractivity contribution >= 4 is 5.91 Å². The molecule has 2 unspecified atom stereocenters. The van der Waals surface area contributed by atoms with E-state index in [9.17, 15) is 4.79 Å². The van der Waals surface area contributed by atoms with Crippen molar-refractivity contribution in [2.45, 2.75) is 32.4 Å². The summed E-state index contributed by atoms with van der Waals surface area (Å²) in [4.78, 5) is 11.3. The van der Waals surface area contributed by atoms with Crippen molar-refractivity contribution in [2.75, 3.05) is 26.8 Å². The van der Waals surface area contributed by atoms with Gasteiger partial charge in [-0.3, -0.25) is 4.79 Å². The molecular weight excluding hydrogens is 196 g/mol. The van der Waals surface area contributed by atoms with Crippen molar-refractivity contribution in [3.8, 4) is 0 Å². The highest BCUT2D eigenvalue weighted by molar-refractivity contribution is 5.78. The topological polar surface area (TPSA) is 70.6 Å². The highest BCUT2D eigenvalue weighted by Crippen LogP contribution is 1.86. The number of ether oxygens (including phenoxy) is 1. The zero-order valence-electron chi connectivity index (χ0n) is 9.75. The van der Waals surface area contributed by atoms with Gasteiger partial charge in [0.05, 0.1) is 19.3 Å². The SMILES string of the molecule is COCC(C)NC(=O)CNCCC(C)O. The lowest BCUT2D eigenvalue weighted by molar-refractivity contribution is -0.121. The van der Waals surface area contributed by atoms with E-state index in [1.54, 1.807) is 14.0 Å². The van der Waals surface area contributed by atoms with Crippen molar-refractivity contribution in [1.29, 1.82) is 0 Å². The molecule has 0 aromatic carbocycles. The van der Waals surface area contributed by atoms with Crippen LogP contribution in [0.2, 0.25) is 0 Å². The van der Waals surface area contributed by atoms with Gasteiger partial charge in [-0.25, -0.2) is 0 Å². The van der Waals surface area contributed by atoms with Gasteiger partial charge in [0.15, 0.2) is 0 Å². The van der Waals surface area contributed by atoms with Gasteiger partial charge in [0.2, 0.25) is 5.91 Å². The Morgan fingerprint density at radius 3 is 2.67 bits per heavy atom. The number of carbonyl (C=O) groups excluding carboxylic acids is 1. The molecule has 90 valence electrons. The molecule has 0 fully saturated rings. The summed E-state index contributed by atoms with van der Waals surface area (Å²) in [6, 6.07) is 0.0288. The molecule has 0 rings (SSSR count). The molecule has 0 aliphatic heterocycles. The van der Waals surface area contributed by atoms with Crippen molar-refractivity contribution < 1.29 is 14.6 Å². The molecule has 0 aliphatic rings. The van der Waals surface area contributed by atoms with Gasteiger partial charge >= 0.3 is 0 Å². The van der Waals surface area contributed by atoms with Gasteiger partial charge in [0, 0.05) is 13.2 Å². The average molecular weight is 218 g/mol. The van der Waals surface area contributed by atoms with Crippen LogP contribution in [0.4, 0.5) is 0 Å². The Balaban J connectivity index is 3.40. The number of hydrogen-bond acceptors (Lipinski definition) is 4. The van der Waals surface area contributed by atoms with Crippen LogP contribution in [0.1, 0.15) is 20.3 Å². The summed E-state index contributed by atoms with van der Waals surface area (Å²) < 4.78 is 4.89. The molecule has 0 spiro atoms. The van der Waals surface area contributed by atoms with Crippen LogP contribution >= 0.6 is 0 Å². The average Bonchev–Trinajstić information content (AvgIpc) is 2.12. The van der Waals surface area contributed by atoms with Gasteiger partial charge in [0.25, 0.3) is 0 Å². The molecule has 0 bridgehead atoms. The van der Waals surface area contributed by atoms with E-state index in [2.05, 4.69) is 10.6 Å². The first kappa shape index (κ1) is 14.3. The third-order valence-corrected chi connectivity index (χ3v) is 1.85. The second-order valence-electron chi connectivity index (χ2n) is 3.74. The molecule has 0 saturated carbocycles. The Bertz CT molecular complexity index is 174. The van der Waals surface area contributed by atoms with E-state index in [1.165, 1.54) is 0 Å². The minimum Gasteiger partial charge on any atom is -0.393 e. The Labute approximate surface area is 91.2 Å². The standard InChI is InChI=1S/C10H22N2O3/c1-8(7-15-3)12-10(14)6-11-5-4-9(2)13/h8-9,11,13H,4-7H2,1-3H3,(H,12,14). The van der Waals surface area contributed by atoms with E-state index >= 15 is 0 Å². The lowest BCUT2D eigenvalue weighted by atomic mass is 10.3. The fourth-order valence-corrected chi connectivity index (χ4v) is 1.13. The third-order valence-electron chi connectivity index (χ3n) is 1.85. The summed E-state index contributed by atoms with van der Waals surface area (Å²) in [5.74, 6) is -0.0508. The fourth-order valence-electron chi connectivity index (χ4n) is 1.13. The molecule has 0 radical (unpaired) electrons. The van der Waals surface area contributed by atoms with Gasteiger partial charge in [-0.2, -0.15) is 0 Å². The highest BCUT2D eigenvalue weighted by atomic mass is 16.5. The number of hydrogen-bond donors (Lipinski definition) is 3. The Kier molecular flexibility index (Phi) is 8.27. The molecule has 0 heterocycles. The van der Waals surface area contributed by atoms with Crippen molar-refractivity contribution in [1.82, 2.24) is 10.6 Å². The molecule has 0 aromatic rings. The monoisotopic (exact) mass is 218 g/mol. The molecule has 0 aliphatic carbocycles. The van der Waals surface area contributed by atoms with Crippen LogP contribution in [0.25, 0.3) is 0 Å². The Morgan fingerprint density at radius 1 is 1.47 bits per heavy atom. The lowest BCUT2D eigenvalue weighted by Crippen LogP contribution is -2.41. The van der Waals surface area contributed by atoms with E-state index in [0.29, 0.717) is 19.6 Å². The summed E-state index contributed by atoms with van der Waals surface area (Å²) in [5.41, 5.74) is 0. The normalized spacial score (nSPS) is 14.7. The Morgan fingerprint density at radius 2 is 2.13 bits per heavy atom. The first-order valence-electron chi connectivity index (χ1n) is 5.23. The van der Waals surface area contributed by atoms with Crippen LogP contribution in [-0.4, -0.2) is 50.0 Å². The van der Waals surface area contributed by atoms with Crippen LogP contribution in [0, 0.1) is 0 Å². The molecule has 5 nitrogen and oxygen atoms in total. The zero-order chi connectivity index (χ0) is 11.7. The van der Waals surface area contributed by atoms with Gasteiger partial charge in [-0.05, 0) is 26.8 Å². The molecule has 0 saturated heterocycles. The van der Waals surface area contributed by atoms with Gasteiger partial charge in [-0.1, -0.05) is 0 Å². The smallest absolute Gasteiger partial charge is 0.234 e. The lowest BCUT2D eigenvalue weighted by Gasteiger charge is -2.13. The quantitative estimate of drug-likeness (QED) is 0.480.